The standard InChI is InChI=1S/C22H20N4O4/c23-8-11-5-18-19(30-10-29-18)7-13(11)20-22(28)26-9-16-14(6-17(26)21(27)25-20)12-3-1-2-4-15(12)24-16/h1-5,7,17,20,24H,6,8-10,23H2,(H,25,27)/t17-,20+/m1/s1. The van der Waals surface area contributed by atoms with Crippen LogP contribution in [0.5, 0.6) is 11.5 Å². The van der Waals surface area contributed by atoms with Gasteiger partial charge in [0.2, 0.25) is 12.7 Å². The Morgan fingerprint density at radius 1 is 1.13 bits per heavy atom. The van der Waals surface area contributed by atoms with Crippen LogP contribution in [0.15, 0.2) is 36.4 Å². The lowest BCUT2D eigenvalue weighted by atomic mass is 9.90. The molecule has 0 saturated carbocycles. The third kappa shape index (κ3) is 2.37. The van der Waals surface area contributed by atoms with Crippen LogP contribution < -0.4 is 20.5 Å². The summed E-state index contributed by atoms with van der Waals surface area (Å²) in [5, 5.41) is 4.03. The molecule has 2 atom stereocenters. The molecule has 1 saturated heterocycles. The Kier molecular flexibility index (Phi) is 3.61. The van der Waals surface area contributed by atoms with E-state index >= 15 is 0 Å². The number of piperazine rings is 1. The monoisotopic (exact) mass is 404 g/mol. The minimum absolute atomic E-state index is 0.130. The molecule has 1 fully saturated rings. The molecule has 30 heavy (non-hydrogen) atoms. The number of H-pyrrole nitrogens is 1. The van der Waals surface area contributed by atoms with Gasteiger partial charge in [-0.2, -0.15) is 0 Å². The van der Waals surface area contributed by atoms with Gasteiger partial charge in [0.25, 0.3) is 5.91 Å². The minimum atomic E-state index is -0.798. The summed E-state index contributed by atoms with van der Waals surface area (Å²) in [5.41, 5.74) is 10.5. The summed E-state index contributed by atoms with van der Waals surface area (Å²) in [5.74, 6) is 0.865. The number of amides is 2. The molecule has 8 nitrogen and oxygen atoms in total. The largest absolute Gasteiger partial charge is 0.454 e. The molecule has 0 spiro atoms. The first kappa shape index (κ1) is 17.3. The van der Waals surface area contributed by atoms with E-state index in [-0.39, 0.29) is 25.2 Å². The van der Waals surface area contributed by atoms with Crippen molar-refractivity contribution in [3.63, 3.8) is 0 Å². The highest BCUT2D eigenvalue weighted by molar-refractivity contribution is 5.99. The first-order valence-electron chi connectivity index (χ1n) is 9.96. The van der Waals surface area contributed by atoms with E-state index in [1.54, 1.807) is 17.0 Å². The summed E-state index contributed by atoms with van der Waals surface area (Å²) in [6.07, 6.45) is 0.495. The number of hydrogen-bond acceptors (Lipinski definition) is 5. The number of carbonyl (C=O) groups is 2. The lowest BCUT2D eigenvalue weighted by Gasteiger charge is -2.42. The number of nitrogens with two attached hydrogens (primary N) is 1. The average molecular weight is 404 g/mol. The van der Waals surface area contributed by atoms with Crippen molar-refractivity contribution in [1.29, 1.82) is 0 Å². The van der Waals surface area contributed by atoms with E-state index in [2.05, 4.69) is 10.3 Å². The van der Waals surface area contributed by atoms with Crippen LogP contribution in [0.3, 0.4) is 0 Å². The predicted molar refractivity (Wildman–Crippen MR) is 108 cm³/mol. The van der Waals surface area contributed by atoms with Crippen molar-refractivity contribution in [2.75, 3.05) is 6.79 Å². The fourth-order valence-corrected chi connectivity index (χ4v) is 4.80. The van der Waals surface area contributed by atoms with E-state index in [0.717, 1.165) is 27.7 Å². The zero-order valence-corrected chi connectivity index (χ0v) is 16.1. The van der Waals surface area contributed by atoms with E-state index in [1.165, 1.54) is 0 Å². The van der Waals surface area contributed by atoms with Crippen LogP contribution in [0.2, 0.25) is 0 Å². The second-order valence-electron chi connectivity index (χ2n) is 7.86. The van der Waals surface area contributed by atoms with Gasteiger partial charge in [-0.15, -0.1) is 0 Å². The zero-order chi connectivity index (χ0) is 20.4. The summed E-state index contributed by atoms with van der Waals surface area (Å²) < 4.78 is 10.9. The van der Waals surface area contributed by atoms with Crippen molar-refractivity contribution in [2.24, 2.45) is 5.73 Å². The lowest BCUT2D eigenvalue weighted by molar-refractivity contribution is -0.151. The van der Waals surface area contributed by atoms with Crippen molar-refractivity contribution >= 4 is 22.7 Å². The smallest absolute Gasteiger partial charge is 0.250 e. The number of benzene rings is 2. The normalized spacial score (nSPS) is 22.1. The molecule has 3 aliphatic heterocycles. The molecule has 0 radical (unpaired) electrons. The third-order valence-electron chi connectivity index (χ3n) is 6.29. The van der Waals surface area contributed by atoms with E-state index < -0.39 is 12.1 Å². The molecule has 0 bridgehead atoms. The Bertz CT molecular complexity index is 1220. The van der Waals surface area contributed by atoms with Gasteiger partial charge in [0, 0.05) is 29.6 Å². The second kappa shape index (κ2) is 6.24. The number of aromatic amines is 1. The van der Waals surface area contributed by atoms with Crippen LogP contribution in [0.25, 0.3) is 10.9 Å². The molecule has 3 aromatic rings. The van der Waals surface area contributed by atoms with E-state index in [4.69, 9.17) is 15.2 Å². The van der Waals surface area contributed by atoms with Crippen molar-refractivity contribution in [1.82, 2.24) is 15.2 Å². The highest BCUT2D eigenvalue weighted by atomic mass is 16.7. The number of carbonyl (C=O) groups excluding carboxylic acids is 2. The van der Waals surface area contributed by atoms with Crippen molar-refractivity contribution in [2.45, 2.75) is 31.6 Å². The molecule has 0 aliphatic carbocycles. The molecule has 4 heterocycles. The first-order chi connectivity index (χ1) is 14.6. The summed E-state index contributed by atoms with van der Waals surface area (Å²) in [4.78, 5) is 31.6. The minimum Gasteiger partial charge on any atom is -0.454 e. The molecule has 152 valence electrons. The van der Waals surface area contributed by atoms with E-state index in [1.807, 2.05) is 24.3 Å². The fraction of sp³-hybridized carbons (Fsp3) is 0.273. The highest BCUT2D eigenvalue weighted by Crippen LogP contribution is 2.39. The van der Waals surface area contributed by atoms with Gasteiger partial charge in [-0.25, -0.2) is 0 Å². The van der Waals surface area contributed by atoms with Crippen LogP contribution in [0.1, 0.15) is 28.4 Å². The van der Waals surface area contributed by atoms with Crippen LogP contribution >= 0.6 is 0 Å². The van der Waals surface area contributed by atoms with Crippen LogP contribution in [-0.2, 0) is 29.1 Å². The molecule has 1 aromatic heterocycles. The number of ether oxygens (including phenoxy) is 2. The Morgan fingerprint density at radius 2 is 1.93 bits per heavy atom. The Hall–Kier alpha value is -3.52. The van der Waals surface area contributed by atoms with Crippen molar-refractivity contribution in [3.8, 4) is 11.5 Å². The number of fused-ring (bicyclic) bond motifs is 5. The maximum absolute atomic E-state index is 13.5. The summed E-state index contributed by atoms with van der Waals surface area (Å²) in [6.45, 7) is 0.728. The number of para-hydroxylation sites is 1. The SMILES string of the molecule is NCc1cc2c(cc1[C@@H]1NC(=O)[C@H]3Cc4c([nH]c5ccccc45)CN3C1=O)OCO2. The number of rotatable bonds is 2. The third-order valence-corrected chi connectivity index (χ3v) is 6.29. The second-order valence-corrected chi connectivity index (χ2v) is 7.86. The predicted octanol–water partition coefficient (Wildman–Crippen LogP) is 1.48. The number of nitrogens with zero attached hydrogens (tertiary/aromatic N) is 1. The van der Waals surface area contributed by atoms with Gasteiger partial charge in [0.1, 0.15) is 12.1 Å². The van der Waals surface area contributed by atoms with Gasteiger partial charge in [0.15, 0.2) is 11.5 Å². The average Bonchev–Trinajstić information content (AvgIpc) is 3.37. The summed E-state index contributed by atoms with van der Waals surface area (Å²) >= 11 is 0. The molecule has 6 rings (SSSR count). The van der Waals surface area contributed by atoms with Gasteiger partial charge < -0.3 is 30.4 Å². The Balaban J connectivity index is 1.40. The molecule has 0 unspecified atom stereocenters. The Morgan fingerprint density at radius 3 is 2.77 bits per heavy atom. The van der Waals surface area contributed by atoms with Gasteiger partial charge in [-0.05, 0) is 34.9 Å². The van der Waals surface area contributed by atoms with Gasteiger partial charge >= 0.3 is 0 Å². The Labute approximate surface area is 171 Å². The molecule has 4 N–H and O–H groups in total. The molecule has 3 aliphatic rings. The van der Waals surface area contributed by atoms with Crippen LogP contribution in [-0.4, -0.2) is 34.5 Å². The highest BCUT2D eigenvalue weighted by Gasteiger charge is 2.45. The van der Waals surface area contributed by atoms with Crippen molar-refractivity contribution in [3.05, 3.63) is 58.8 Å². The van der Waals surface area contributed by atoms with Crippen LogP contribution in [0.4, 0.5) is 0 Å². The van der Waals surface area contributed by atoms with Crippen LogP contribution in [0, 0.1) is 0 Å². The summed E-state index contributed by atoms with van der Waals surface area (Å²) in [6, 6.07) is 10.2. The van der Waals surface area contributed by atoms with Crippen molar-refractivity contribution < 1.29 is 19.1 Å². The fourth-order valence-electron chi connectivity index (χ4n) is 4.80. The molecular weight excluding hydrogens is 384 g/mol. The molecular formula is C22H20N4O4. The van der Waals surface area contributed by atoms with E-state index in [0.29, 0.717) is 30.0 Å². The van der Waals surface area contributed by atoms with Gasteiger partial charge in [0.05, 0.1) is 6.54 Å². The topological polar surface area (TPSA) is 110 Å². The quantitative estimate of drug-likeness (QED) is 0.599. The maximum Gasteiger partial charge on any atom is 0.250 e. The maximum atomic E-state index is 13.5. The number of hydrogen-bond donors (Lipinski definition) is 3. The zero-order valence-electron chi connectivity index (χ0n) is 16.1. The van der Waals surface area contributed by atoms with Gasteiger partial charge in [-0.1, -0.05) is 18.2 Å². The molecule has 8 heteroatoms. The van der Waals surface area contributed by atoms with E-state index in [9.17, 15) is 9.59 Å². The molecule has 2 amide bonds. The number of aromatic nitrogens is 1. The van der Waals surface area contributed by atoms with Gasteiger partial charge in [-0.3, -0.25) is 9.59 Å². The lowest BCUT2D eigenvalue weighted by Crippen LogP contribution is -2.61. The first-order valence-corrected chi connectivity index (χ1v) is 9.96. The summed E-state index contributed by atoms with van der Waals surface area (Å²) in [7, 11) is 0. The molecule has 2 aromatic carbocycles. The number of nitrogens with one attached hydrogen (secondary N) is 2.